The average molecular weight is 493 g/mol. The molecule has 3 N–H and O–H groups in total. The Hall–Kier alpha value is -3.83. The van der Waals surface area contributed by atoms with Crippen molar-refractivity contribution < 1.29 is 18.3 Å². The predicted octanol–water partition coefficient (Wildman–Crippen LogP) is 2.36. The topological polar surface area (TPSA) is 141 Å². The quantitative estimate of drug-likeness (QED) is 0.375. The molecule has 11 heteroatoms. The number of aromatic nitrogens is 4. The van der Waals surface area contributed by atoms with E-state index in [4.69, 9.17) is 0 Å². The highest BCUT2D eigenvalue weighted by atomic mass is 32.2. The highest BCUT2D eigenvalue weighted by Gasteiger charge is 2.34. The molecule has 0 unspecified atom stereocenters. The first-order chi connectivity index (χ1) is 16.8. The molecular weight excluding hydrogens is 468 g/mol. The van der Waals surface area contributed by atoms with Gasteiger partial charge in [-0.2, -0.15) is 5.10 Å². The molecule has 0 radical (unpaired) electrons. The number of hydrogen-bond donors (Lipinski definition) is 3. The fourth-order valence-corrected chi connectivity index (χ4v) is 5.52. The lowest BCUT2D eigenvalue weighted by molar-refractivity contribution is -0.0168. The molecule has 0 aliphatic carbocycles. The minimum absolute atomic E-state index is 0.0270. The van der Waals surface area contributed by atoms with Gasteiger partial charge in [0.05, 0.1) is 11.1 Å². The van der Waals surface area contributed by atoms with Crippen molar-refractivity contribution in [3.8, 4) is 0 Å². The van der Waals surface area contributed by atoms with Crippen molar-refractivity contribution in [2.75, 3.05) is 17.8 Å². The first-order valence-corrected chi connectivity index (χ1v) is 12.6. The number of nitrogens with zero attached hydrogens (tertiary/aromatic N) is 4. The Morgan fingerprint density at radius 2 is 1.77 bits per heavy atom. The Labute approximate surface area is 202 Å². The molecule has 180 valence electrons. The van der Waals surface area contributed by atoms with Crippen LogP contribution in [0.2, 0.25) is 0 Å². The van der Waals surface area contributed by atoms with Gasteiger partial charge >= 0.3 is 0 Å². The number of para-hydroxylation sites is 1. The van der Waals surface area contributed by atoms with Gasteiger partial charge in [0.2, 0.25) is 0 Å². The van der Waals surface area contributed by atoms with Crippen LogP contribution in [0.4, 0.5) is 5.69 Å². The van der Waals surface area contributed by atoms with Gasteiger partial charge in [-0.15, -0.1) is 0 Å². The third-order valence-electron chi connectivity index (χ3n) is 6.19. The number of fused-ring (bicyclic) bond motifs is 1. The number of anilines is 1. The number of nitrogens with one attached hydrogen (secondary N) is 2. The monoisotopic (exact) mass is 492 g/mol. The maximum Gasteiger partial charge on any atom is 0.264 e. The van der Waals surface area contributed by atoms with E-state index < -0.39 is 15.6 Å². The van der Waals surface area contributed by atoms with Gasteiger partial charge in [0.1, 0.15) is 10.4 Å². The van der Waals surface area contributed by atoms with Gasteiger partial charge < -0.3 is 10.0 Å². The van der Waals surface area contributed by atoms with Crippen LogP contribution in [0.15, 0.2) is 72.0 Å². The summed E-state index contributed by atoms with van der Waals surface area (Å²) in [5.41, 5.74) is 1.53. The van der Waals surface area contributed by atoms with Crippen LogP contribution in [0, 0.1) is 0 Å². The molecule has 2 aromatic heterocycles. The van der Waals surface area contributed by atoms with Gasteiger partial charge in [-0.1, -0.05) is 6.07 Å². The smallest absolute Gasteiger partial charge is 0.264 e. The molecule has 5 rings (SSSR count). The first kappa shape index (κ1) is 22.9. The van der Waals surface area contributed by atoms with Crippen molar-refractivity contribution in [2.45, 2.75) is 29.8 Å². The number of amides is 1. The van der Waals surface area contributed by atoms with E-state index in [-0.39, 0.29) is 16.3 Å². The second kappa shape index (κ2) is 9.08. The summed E-state index contributed by atoms with van der Waals surface area (Å²) in [5.74, 6) is -0.160. The zero-order valence-electron chi connectivity index (χ0n) is 18.8. The number of carbonyl (C=O) groups excluding carboxylic acids is 1. The summed E-state index contributed by atoms with van der Waals surface area (Å²) in [6.07, 6.45) is 5.99. The number of H-pyrrole nitrogens is 1. The van der Waals surface area contributed by atoms with Crippen LogP contribution in [-0.4, -0.2) is 63.2 Å². The molecular formula is C24H24N6O4S. The molecule has 2 aromatic carbocycles. The van der Waals surface area contributed by atoms with Gasteiger partial charge in [0, 0.05) is 55.0 Å². The summed E-state index contributed by atoms with van der Waals surface area (Å²) >= 11 is 0. The van der Waals surface area contributed by atoms with Gasteiger partial charge in [-0.05, 0) is 55.3 Å². The molecule has 0 atom stereocenters. The molecule has 10 nitrogen and oxygen atoms in total. The number of hydrogen-bond acceptors (Lipinski definition) is 7. The molecule has 35 heavy (non-hydrogen) atoms. The number of aromatic amines is 1. The molecule has 0 spiro atoms. The van der Waals surface area contributed by atoms with Gasteiger partial charge in [0.15, 0.2) is 0 Å². The van der Waals surface area contributed by atoms with E-state index in [1.807, 2.05) is 6.07 Å². The Kier molecular flexibility index (Phi) is 5.95. The highest BCUT2D eigenvalue weighted by molar-refractivity contribution is 7.93. The minimum atomic E-state index is -3.91. The average Bonchev–Trinajstić information content (AvgIpc) is 3.36. The fraction of sp³-hybridized carbons (Fsp3) is 0.250. The normalized spacial score (nSPS) is 15.7. The molecule has 1 saturated heterocycles. The number of likely N-dealkylation sites (tertiary alicyclic amines) is 1. The third-order valence-corrected chi connectivity index (χ3v) is 7.61. The van der Waals surface area contributed by atoms with E-state index in [1.165, 1.54) is 18.5 Å². The van der Waals surface area contributed by atoms with Crippen molar-refractivity contribution in [3.63, 3.8) is 0 Å². The van der Waals surface area contributed by atoms with E-state index in [9.17, 15) is 18.3 Å². The summed E-state index contributed by atoms with van der Waals surface area (Å²) in [5, 5.41) is 17.6. The van der Waals surface area contributed by atoms with Crippen molar-refractivity contribution in [1.29, 1.82) is 0 Å². The molecule has 3 heterocycles. The summed E-state index contributed by atoms with van der Waals surface area (Å²) < 4.78 is 28.5. The van der Waals surface area contributed by atoms with Crippen LogP contribution in [0.25, 0.3) is 11.0 Å². The van der Waals surface area contributed by atoms with Gasteiger partial charge in [-0.25, -0.2) is 8.42 Å². The lowest BCUT2D eigenvalue weighted by Crippen LogP contribution is -2.47. The number of piperidine rings is 1. The lowest BCUT2D eigenvalue weighted by Gasteiger charge is -2.38. The molecule has 1 amide bonds. The van der Waals surface area contributed by atoms with Crippen molar-refractivity contribution >= 4 is 32.7 Å². The van der Waals surface area contributed by atoms with E-state index in [1.54, 1.807) is 47.5 Å². The molecule has 1 aliphatic heterocycles. The van der Waals surface area contributed by atoms with Crippen LogP contribution >= 0.6 is 0 Å². The first-order valence-electron chi connectivity index (χ1n) is 11.2. The SMILES string of the molecule is O=C(c1ccc(NS(=O)(=O)c2cccc3nccnc23)cc1)N1CCC(O)(Cc2ccn[nH]2)CC1. The van der Waals surface area contributed by atoms with Crippen molar-refractivity contribution in [3.05, 3.63) is 78.4 Å². The van der Waals surface area contributed by atoms with E-state index >= 15 is 0 Å². The minimum Gasteiger partial charge on any atom is -0.389 e. The van der Waals surface area contributed by atoms with Gasteiger partial charge in [-0.3, -0.25) is 24.6 Å². The van der Waals surface area contributed by atoms with Crippen LogP contribution in [-0.2, 0) is 16.4 Å². The summed E-state index contributed by atoms with van der Waals surface area (Å²) in [6, 6.07) is 12.9. The Bertz CT molecular complexity index is 1440. The highest BCUT2D eigenvalue weighted by Crippen LogP contribution is 2.27. The standard InChI is InChI=1S/C24H24N6O4S/c31-23(30-14-9-24(32,10-15-30)16-19-8-11-27-28-19)17-4-6-18(7-5-17)29-35(33,34)21-3-1-2-20-22(21)26-13-12-25-20/h1-8,11-13,29,32H,9-10,14-16H2,(H,27,28). The number of aliphatic hydroxyl groups is 1. The van der Waals surface area contributed by atoms with E-state index in [2.05, 4.69) is 24.9 Å². The second-order valence-corrected chi connectivity index (χ2v) is 10.3. The number of carbonyl (C=O) groups is 1. The van der Waals surface area contributed by atoms with Crippen LogP contribution in [0.5, 0.6) is 0 Å². The summed E-state index contributed by atoms with van der Waals surface area (Å²) in [6.45, 7) is 0.861. The van der Waals surface area contributed by atoms with E-state index in [0.29, 0.717) is 49.1 Å². The molecule has 4 aromatic rings. The maximum atomic E-state index is 13.0. The van der Waals surface area contributed by atoms with Crippen LogP contribution in [0.1, 0.15) is 28.9 Å². The molecule has 0 saturated carbocycles. The number of benzene rings is 2. The fourth-order valence-electron chi connectivity index (χ4n) is 4.30. The number of rotatable bonds is 6. The Morgan fingerprint density at radius 1 is 1.03 bits per heavy atom. The second-order valence-electron chi connectivity index (χ2n) is 8.64. The van der Waals surface area contributed by atoms with Crippen LogP contribution < -0.4 is 4.72 Å². The maximum absolute atomic E-state index is 13.0. The Balaban J connectivity index is 1.25. The van der Waals surface area contributed by atoms with Crippen molar-refractivity contribution in [2.24, 2.45) is 0 Å². The third kappa shape index (κ3) is 4.86. The largest absolute Gasteiger partial charge is 0.389 e. The summed E-state index contributed by atoms with van der Waals surface area (Å²) in [7, 11) is -3.91. The molecule has 1 fully saturated rings. The Morgan fingerprint density at radius 3 is 2.49 bits per heavy atom. The zero-order valence-corrected chi connectivity index (χ0v) is 19.6. The molecule has 0 bridgehead atoms. The molecule has 1 aliphatic rings. The van der Waals surface area contributed by atoms with Crippen molar-refractivity contribution in [1.82, 2.24) is 25.1 Å². The lowest BCUT2D eigenvalue weighted by atomic mass is 9.87. The number of sulfonamides is 1. The van der Waals surface area contributed by atoms with Crippen LogP contribution in [0.3, 0.4) is 0 Å². The van der Waals surface area contributed by atoms with Gasteiger partial charge in [0.25, 0.3) is 15.9 Å². The van der Waals surface area contributed by atoms with E-state index in [0.717, 1.165) is 5.69 Å². The summed E-state index contributed by atoms with van der Waals surface area (Å²) in [4.78, 5) is 23.0. The zero-order chi connectivity index (χ0) is 24.5. The predicted molar refractivity (Wildman–Crippen MR) is 129 cm³/mol.